The zero-order valence-corrected chi connectivity index (χ0v) is 12.3. The van der Waals surface area contributed by atoms with Crippen molar-refractivity contribution in [2.75, 3.05) is 39.3 Å². The Morgan fingerprint density at radius 3 is 2.95 bits per heavy atom. The lowest BCUT2D eigenvalue weighted by Crippen LogP contribution is -2.42. The van der Waals surface area contributed by atoms with Crippen LogP contribution in [-0.4, -0.2) is 55.3 Å². The molecule has 5 heteroatoms. The molecule has 116 valence electrons. The van der Waals surface area contributed by atoms with Gasteiger partial charge in [-0.05, 0) is 44.0 Å². The van der Waals surface area contributed by atoms with Gasteiger partial charge < -0.3 is 15.2 Å². The Hall–Kier alpha value is -1.59. The summed E-state index contributed by atoms with van der Waals surface area (Å²) in [5.74, 6) is 0.655. The molecule has 21 heavy (non-hydrogen) atoms. The average Bonchev–Trinajstić information content (AvgIpc) is 2.48. The topological polar surface area (TPSA) is 61.8 Å². The molecule has 1 unspecified atom stereocenters. The van der Waals surface area contributed by atoms with Gasteiger partial charge in [0.1, 0.15) is 12.4 Å². The number of hydrogen-bond acceptors (Lipinski definition) is 4. The van der Waals surface area contributed by atoms with E-state index in [0.29, 0.717) is 12.5 Å². The van der Waals surface area contributed by atoms with Crippen LogP contribution in [-0.2, 0) is 4.79 Å². The highest BCUT2D eigenvalue weighted by Gasteiger charge is 2.19. The summed E-state index contributed by atoms with van der Waals surface area (Å²) in [5, 5.41) is 11.6. The minimum atomic E-state index is -0.793. The Morgan fingerprint density at radius 2 is 2.19 bits per heavy atom. The second-order valence-electron chi connectivity index (χ2n) is 5.50. The molecule has 1 heterocycles. The molecule has 0 spiro atoms. The summed E-state index contributed by atoms with van der Waals surface area (Å²) < 4.78 is 5.72. The second-order valence-corrected chi connectivity index (χ2v) is 5.50. The summed E-state index contributed by atoms with van der Waals surface area (Å²) >= 11 is 0. The first-order valence-electron chi connectivity index (χ1n) is 7.57. The number of aliphatic carboxylic acids is 1. The maximum Gasteiger partial charge on any atom is 0.317 e. The first-order chi connectivity index (χ1) is 10.2. The number of piperidine rings is 1. The van der Waals surface area contributed by atoms with Crippen molar-refractivity contribution in [1.29, 1.82) is 0 Å². The molecule has 2 N–H and O–H groups in total. The van der Waals surface area contributed by atoms with Gasteiger partial charge in [0.15, 0.2) is 0 Å². The third kappa shape index (κ3) is 6.14. The van der Waals surface area contributed by atoms with Crippen molar-refractivity contribution >= 4 is 5.97 Å². The van der Waals surface area contributed by atoms with E-state index in [4.69, 9.17) is 9.84 Å². The molecule has 0 saturated carbocycles. The molecule has 1 fully saturated rings. The minimum Gasteiger partial charge on any atom is -0.492 e. The summed E-state index contributed by atoms with van der Waals surface area (Å²) in [5.41, 5.74) is 0. The number of rotatable bonds is 8. The molecular weight excluding hydrogens is 268 g/mol. The number of likely N-dealkylation sites (tertiary alicyclic amines) is 1. The predicted molar refractivity (Wildman–Crippen MR) is 81.6 cm³/mol. The predicted octanol–water partition coefficient (Wildman–Crippen LogP) is 1.45. The fraction of sp³-hybridized carbons (Fsp3) is 0.562. The number of nitrogens with zero attached hydrogens (tertiary/aromatic N) is 1. The van der Waals surface area contributed by atoms with Crippen LogP contribution in [0.25, 0.3) is 0 Å². The maximum atomic E-state index is 10.5. The van der Waals surface area contributed by atoms with E-state index in [0.717, 1.165) is 31.9 Å². The van der Waals surface area contributed by atoms with Crippen LogP contribution in [0.1, 0.15) is 12.8 Å². The van der Waals surface area contributed by atoms with Crippen molar-refractivity contribution in [3.8, 4) is 5.75 Å². The molecule has 0 amide bonds. The van der Waals surface area contributed by atoms with E-state index in [1.807, 2.05) is 30.3 Å². The molecule has 0 aliphatic carbocycles. The zero-order valence-electron chi connectivity index (χ0n) is 12.3. The molecule has 2 rings (SSSR count). The van der Waals surface area contributed by atoms with Crippen molar-refractivity contribution in [3.63, 3.8) is 0 Å². The standard InChI is InChI=1S/C16H24N2O3/c19-16(20)12-17-11-14-5-4-8-18(13-14)9-10-21-15-6-2-1-3-7-15/h1-3,6-7,14,17H,4-5,8-13H2,(H,19,20). The van der Waals surface area contributed by atoms with Crippen molar-refractivity contribution < 1.29 is 14.6 Å². The maximum absolute atomic E-state index is 10.5. The number of carboxylic acids is 1. The molecule has 0 bridgehead atoms. The van der Waals surface area contributed by atoms with Crippen LogP contribution < -0.4 is 10.1 Å². The number of nitrogens with one attached hydrogen (secondary N) is 1. The summed E-state index contributed by atoms with van der Waals surface area (Å²) in [6.07, 6.45) is 2.34. The number of carboxylic acid groups (broad SMARTS) is 1. The molecule has 0 aromatic heterocycles. The number of ether oxygens (including phenoxy) is 1. The van der Waals surface area contributed by atoms with Crippen molar-refractivity contribution in [2.24, 2.45) is 5.92 Å². The van der Waals surface area contributed by atoms with E-state index in [1.54, 1.807) is 0 Å². The van der Waals surface area contributed by atoms with Gasteiger partial charge in [0.25, 0.3) is 0 Å². The summed E-state index contributed by atoms with van der Waals surface area (Å²) in [4.78, 5) is 12.9. The van der Waals surface area contributed by atoms with E-state index >= 15 is 0 Å². The number of carbonyl (C=O) groups is 1. The summed E-state index contributed by atoms with van der Waals surface area (Å²) in [7, 11) is 0. The van der Waals surface area contributed by atoms with Crippen LogP contribution in [0.5, 0.6) is 5.75 Å². The number of benzene rings is 1. The van der Waals surface area contributed by atoms with Gasteiger partial charge in [-0.1, -0.05) is 18.2 Å². The molecule has 1 aromatic rings. The normalized spacial score (nSPS) is 19.3. The first-order valence-corrected chi connectivity index (χ1v) is 7.57. The van der Waals surface area contributed by atoms with Crippen LogP contribution in [0.4, 0.5) is 0 Å². The van der Waals surface area contributed by atoms with E-state index in [2.05, 4.69) is 10.2 Å². The van der Waals surface area contributed by atoms with Gasteiger partial charge in [0.05, 0.1) is 6.54 Å². The van der Waals surface area contributed by atoms with Gasteiger partial charge >= 0.3 is 5.97 Å². The number of hydrogen-bond donors (Lipinski definition) is 2. The molecule has 1 aromatic carbocycles. The second kappa shape index (κ2) is 8.64. The number of para-hydroxylation sites is 1. The Morgan fingerprint density at radius 1 is 1.38 bits per heavy atom. The highest BCUT2D eigenvalue weighted by Crippen LogP contribution is 2.15. The van der Waals surface area contributed by atoms with Crippen LogP contribution in [0, 0.1) is 5.92 Å². The third-order valence-corrected chi connectivity index (χ3v) is 3.73. The molecule has 1 aliphatic heterocycles. The lowest BCUT2D eigenvalue weighted by molar-refractivity contribution is -0.136. The van der Waals surface area contributed by atoms with Gasteiger partial charge in [-0.25, -0.2) is 0 Å². The van der Waals surface area contributed by atoms with Crippen molar-refractivity contribution in [3.05, 3.63) is 30.3 Å². The van der Waals surface area contributed by atoms with Gasteiger partial charge in [-0.15, -0.1) is 0 Å². The van der Waals surface area contributed by atoms with Gasteiger partial charge in [0, 0.05) is 13.1 Å². The Kier molecular flexibility index (Phi) is 6.50. The summed E-state index contributed by atoms with van der Waals surface area (Å²) in [6.45, 7) is 4.57. The quantitative estimate of drug-likeness (QED) is 0.759. The van der Waals surface area contributed by atoms with Crippen LogP contribution >= 0.6 is 0 Å². The van der Waals surface area contributed by atoms with E-state index in [-0.39, 0.29) is 6.54 Å². The van der Waals surface area contributed by atoms with E-state index in [1.165, 1.54) is 12.8 Å². The van der Waals surface area contributed by atoms with Crippen molar-refractivity contribution in [1.82, 2.24) is 10.2 Å². The lowest BCUT2D eigenvalue weighted by atomic mass is 9.98. The van der Waals surface area contributed by atoms with Crippen LogP contribution in [0.15, 0.2) is 30.3 Å². The molecule has 5 nitrogen and oxygen atoms in total. The van der Waals surface area contributed by atoms with Crippen molar-refractivity contribution in [2.45, 2.75) is 12.8 Å². The fourth-order valence-electron chi connectivity index (χ4n) is 2.71. The zero-order chi connectivity index (χ0) is 14.9. The first kappa shape index (κ1) is 15.8. The Labute approximate surface area is 125 Å². The largest absolute Gasteiger partial charge is 0.492 e. The van der Waals surface area contributed by atoms with Gasteiger partial charge in [0.2, 0.25) is 0 Å². The Balaban J connectivity index is 1.63. The molecule has 1 saturated heterocycles. The van der Waals surface area contributed by atoms with Gasteiger partial charge in [-0.3, -0.25) is 9.69 Å². The fourth-order valence-corrected chi connectivity index (χ4v) is 2.71. The summed E-state index contributed by atoms with van der Waals surface area (Å²) in [6, 6.07) is 9.86. The average molecular weight is 292 g/mol. The van der Waals surface area contributed by atoms with Crippen LogP contribution in [0.3, 0.4) is 0 Å². The Bertz CT molecular complexity index is 425. The lowest BCUT2D eigenvalue weighted by Gasteiger charge is -2.32. The molecule has 1 aliphatic rings. The SMILES string of the molecule is O=C(O)CNCC1CCCN(CCOc2ccccc2)C1. The van der Waals surface area contributed by atoms with Crippen LogP contribution in [0.2, 0.25) is 0 Å². The van der Waals surface area contributed by atoms with E-state index in [9.17, 15) is 4.79 Å². The molecule has 0 radical (unpaired) electrons. The van der Waals surface area contributed by atoms with E-state index < -0.39 is 5.97 Å². The smallest absolute Gasteiger partial charge is 0.317 e. The molecular formula is C16H24N2O3. The highest BCUT2D eigenvalue weighted by molar-refractivity contribution is 5.68. The third-order valence-electron chi connectivity index (χ3n) is 3.73. The molecule has 1 atom stereocenters. The van der Waals surface area contributed by atoms with Gasteiger partial charge in [-0.2, -0.15) is 0 Å². The monoisotopic (exact) mass is 292 g/mol. The highest BCUT2D eigenvalue weighted by atomic mass is 16.5. The minimum absolute atomic E-state index is 0.0492.